The summed E-state index contributed by atoms with van der Waals surface area (Å²) in [6.07, 6.45) is -0.445. The molecule has 0 aromatic heterocycles. The smallest absolute Gasteiger partial charge is 0.340 e. The summed E-state index contributed by atoms with van der Waals surface area (Å²) in [5.74, 6) is -2.34. The first-order valence-electron chi connectivity index (χ1n) is 8.74. The minimum atomic E-state index is -1.81. The van der Waals surface area contributed by atoms with Gasteiger partial charge in [-0.3, -0.25) is 4.79 Å². The van der Waals surface area contributed by atoms with Crippen molar-refractivity contribution in [3.8, 4) is 0 Å². The molecule has 148 valence electrons. The molecule has 1 aromatic carbocycles. The molecule has 0 fully saturated rings. The molecule has 0 bridgehead atoms. The Labute approximate surface area is 162 Å². The normalized spacial score (nSPS) is 21.2. The number of anilines is 1. The predicted octanol–water partition coefficient (Wildman–Crippen LogP) is 1.50. The molecule has 2 N–H and O–H groups in total. The first-order valence-corrected chi connectivity index (χ1v) is 8.74. The molecule has 2 aliphatic heterocycles. The van der Waals surface area contributed by atoms with Crippen LogP contribution in [0.5, 0.6) is 0 Å². The fourth-order valence-corrected chi connectivity index (χ4v) is 3.81. The molecule has 3 rings (SSSR count). The third-order valence-corrected chi connectivity index (χ3v) is 4.84. The molecule has 0 saturated heterocycles. The number of nitrogens with zero attached hydrogens (tertiary/aromatic N) is 1. The molecular formula is C20H22N2O6. The number of fused-ring (bicyclic) bond motifs is 2. The summed E-state index contributed by atoms with van der Waals surface area (Å²) in [6.45, 7) is 4.88. The number of esters is 2. The monoisotopic (exact) mass is 386 g/mol. The van der Waals surface area contributed by atoms with Gasteiger partial charge in [-0.15, -0.1) is 0 Å². The van der Waals surface area contributed by atoms with Gasteiger partial charge in [0, 0.05) is 18.3 Å². The van der Waals surface area contributed by atoms with Gasteiger partial charge in [0.1, 0.15) is 22.3 Å². The van der Waals surface area contributed by atoms with E-state index in [9.17, 15) is 14.4 Å². The van der Waals surface area contributed by atoms with E-state index >= 15 is 0 Å². The van der Waals surface area contributed by atoms with E-state index in [1.54, 1.807) is 45.2 Å². The molecule has 2 aliphatic rings. The largest absolute Gasteiger partial charge is 0.465 e. The van der Waals surface area contributed by atoms with Crippen LogP contribution in [0.3, 0.4) is 0 Å². The van der Waals surface area contributed by atoms with Crippen LogP contribution in [0.15, 0.2) is 47.1 Å². The molecule has 28 heavy (non-hydrogen) atoms. The maximum Gasteiger partial charge on any atom is 0.340 e. The zero-order valence-electron chi connectivity index (χ0n) is 16.4. The number of allylic oxidation sites excluding steroid dienone is 1. The highest BCUT2D eigenvalue weighted by molar-refractivity contribution is 6.22. The van der Waals surface area contributed by atoms with Crippen molar-refractivity contribution in [1.82, 2.24) is 0 Å². The lowest BCUT2D eigenvalue weighted by Crippen LogP contribution is -2.50. The van der Waals surface area contributed by atoms with E-state index < -0.39 is 29.4 Å². The highest BCUT2D eigenvalue weighted by Crippen LogP contribution is 2.54. The Morgan fingerprint density at radius 2 is 1.82 bits per heavy atom. The highest BCUT2D eigenvalue weighted by atomic mass is 16.5. The molecular weight excluding hydrogens is 364 g/mol. The summed E-state index contributed by atoms with van der Waals surface area (Å²) in [7, 11) is 2.74. The first-order chi connectivity index (χ1) is 13.2. The summed E-state index contributed by atoms with van der Waals surface area (Å²) < 4.78 is 15.8. The van der Waals surface area contributed by atoms with E-state index in [2.05, 4.69) is 0 Å². The highest BCUT2D eigenvalue weighted by Gasteiger charge is 2.63. The molecule has 0 radical (unpaired) electrons. The minimum Gasteiger partial charge on any atom is -0.465 e. The number of likely N-dealkylation sites (N-methyl/N-ethyl adjacent to an activating group) is 1. The van der Waals surface area contributed by atoms with E-state index in [-0.39, 0.29) is 22.8 Å². The fraction of sp³-hybridized carbons (Fsp3) is 0.350. The molecule has 1 atom stereocenters. The Bertz CT molecular complexity index is 946. The minimum absolute atomic E-state index is 0.0856. The van der Waals surface area contributed by atoms with Gasteiger partial charge in [-0.1, -0.05) is 18.2 Å². The van der Waals surface area contributed by atoms with Gasteiger partial charge in [0.2, 0.25) is 11.8 Å². The number of para-hydroxylation sites is 1. The maximum absolute atomic E-state index is 13.6. The number of hydrogen-bond acceptors (Lipinski definition) is 7. The van der Waals surface area contributed by atoms with Gasteiger partial charge < -0.3 is 24.8 Å². The number of methoxy groups -OCH3 is 1. The Kier molecular flexibility index (Phi) is 4.66. The molecule has 2 heterocycles. The number of carbonyl (C=O) groups excluding carboxylic acids is 3. The van der Waals surface area contributed by atoms with Gasteiger partial charge in [-0.05, 0) is 26.8 Å². The van der Waals surface area contributed by atoms with Gasteiger partial charge >= 0.3 is 11.9 Å². The summed E-state index contributed by atoms with van der Waals surface area (Å²) in [4.78, 5) is 40.7. The van der Waals surface area contributed by atoms with Gasteiger partial charge in [-0.25, -0.2) is 9.59 Å². The van der Waals surface area contributed by atoms with E-state index in [1.807, 2.05) is 0 Å². The van der Waals surface area contributed by atoms with Crippen LogP contribution < -0.4 is 10.6 Å². The van der Waals surface area contributed by atoms with E-state index in [0.717, 1.165) is 0 Å². The third kappa shape index (κ3) is 2.48. The second-order valence-electron chi connectivity index (χ2n) is 6.85. The summed E-state index contributed by atoms with van der Waals surface area (Å²) in [6, 6.07) is 6.88. The van der Waals surface area contributed by atoms with Crippen molar-refractivity contribution in [2.75, 3.05) is 19.1 Å². The topological polar surface area (TPSA) is 108 Å². The van der Waals surface area contributed by atoms with Gasteiger partial charge in [0.05, 0.1) is 13.2 Å². The van der Waals surface area contributed by atoms with Crippen molar-refractivity contribution in [3.63, 3.8) is 0 Å². The molecule has 1 amide bonds. The number of benzene rings is 1. The van der Waals surface area contributed by atoms with Crippen molar-refractivity contribution in [2.24, 2.45) is 5.73 Å². The van der Waals surface area contributed by atoms with Crippen LogP contribution >= 0.6 is 0 Å². The molecule has 0 saturated carbocycles. The number of nitrogens with two attached hydrogens (primary N) is 1. The molecule has 1 aromatic rings. The van der Waals surface area contributed by atoms with Crippen LogP contribution in [-0.2, 0) is 34.0 Å². The average Bonchev–Trinajstić information content (AvgIpc) is 2.84. The van der Waals surface area contributed by atoms with E-state index in [1.165, 1.54) is 18.9 Å². The lowest BCUT2D eigenvalue weighted by molar-refractivity contribution is -0.145. The molecule has 8 nitrogen and oxygen atoms in total. The zero-order valence-corrected chi connectivity index (χ0v) is 16.4. The SMILES string of the molecule is COC(=O)C1=C(N)OC(C)=C(C(=O)OC(C)C)[C@@]12C(=O)N(C)c1ccccc12. The number of amides is 1. The van der Waals surface area contributed by atoms with Crippen molar-refractivity contribution < 1.29 is 28.6 Å². The Hall–Kier alpha value is -3.29. The first kappa shape index (κ1) is 19.5. The van der Waals surface area contributed by atoms with Gasteiger partial charge in [0.25, 0.3) is 0 Å². The van der Waals surface area contributed by atoms with Crippen LogP contribution in [0.2, 0.25) is 0 Å². The molecule has 0 aliphatic carbocycles. The molecule has 0 unspecified atom stereocenters. The molecule has 8 heteroatoms. The van der Waals surface area contributed by atoms with E-state index in [0.29, 0.717) is 11.3 Å². The number of carbonyl (C=O) groups is 3. The average molecular weight is 386 g/mol. The lowest BCUT2D eigenvalue weighted by atomic mass is 9.67. The lowest BCUT2D eigenvalue weighted by Gasteiger charge is -2.36. The number of ether oxygens (including phenoxy) is 3. The summed E-state index contributed by atoms with van der Waals surface area (Å²) >= 11 is 0. The van der Waals surface area contributed by atoms with Crippen molar-refractivity contribution in [2.45, 2.75) is 32.3 Å². The van der Waals surface area contributed by atoms with Gasteiger partial charge in [0.15, 0.2) is 0 Å². The van der Waals surface area contributed by atoms with Gasteiger partial charge in [-0.2, -0.15) is 0 Å². The van der Waals surface area contributed by atoms with E-state index in [4.69, 9.17) is 19.9 Å². The number of hydrogen-bond donors (Lipinski definition) is 1. The quantitative estimate of drug-likeness (QED) is 0.784. The van der Waals surface area contributed by atoms with Crippen LogP contribution in [0.4, 0.5) is 5.69 Å². The van der Waals surface area contributed by atoms with Crippen molar-refractivity contribution >= 4 is 23.5 Å². The maximum atomic E-state index is 13.6. The molecule has 1 spiro atoms. The van der Waals surface area contributed by atoms with Crippen LogP contribution in [0, 0.1) is 0 Å². The number of rotatable bonds is 3. The summed E-state index contributed by atoms with van der Waals surface area (Å²) in [5, 5.41) is 0. The van der Waals surface area contributed by atoms with Crippen molar-refractivity contribution in [1.29, 1.82) is 0 Å². The Morgan fingerprint density at radius 3 is 2.43 bits per heavy atom. The van der Waals surface area contributed by atoms with Crippen LogP contribution in [-0.4, -0.2) is 38.1 Å². The second kappa shape index (κ2) is 6.70. The second-order valence-corrected chi connectivity index (χ2v) is 6.85. The summed E-state index contributed by atoms with van der Waals surface area (Å²) in [5.41, 5.74) is 4.88. The fourth-order valence-electron chi connectivity index (χ4n) is 3.81. The zero-order chi connectivity index (χ0) is 20.8. The Balaban J connectivity index is 2.42. The van der Waals surface area contributed by atoms with Crippen molar-refractivity contribution in [3.05, 3.63) is 52.6 Å². The predicted molar refractivity (Wildman–Crippen MR) is 99.8 cm³/mol. The van der Waals surface area contributed by atoms with Crippen LogP contribution in [0.1, 0.15) is 26.3 Å². The Morgan fingerprint density at radius 1 is 1.18 bits per heavy atom. The third-order valence-electron chi connectivity index (χ3n) is 4.84. The standard InChI is InChI=1S/C20H22N2O6/c1-10(2)27-18(24)14-11(3)28-16(21)15(17(23)26-5)20(14)12-8-6-7-9-13(12)22(4)19(20)25/h6-10H,21H2,1-5H3/t20-/m1/s1. The van der Waals surface area contributed by atoms with Crippen LogP contribution in [0.25, 0.3) is 0 Å².